The van der Waals surface area contributed by atoms with Crippen LogP contribution in [-0.2, 0) is 16.0 Å². The molecule has 0 bridgehead atoms. The molecule has 5 heteroatoms. The largest absolute Gasteiger partial charge is 0.481 e. The van der Waals surface area contributed by atoms with E-state index in [1.807, 2.05) is 35.2 Å². The lowest BCUT2D eigenvalue weighted by molar-refractivity contribution is -0.154. The van der Waals surface area contributed by atoms with Crippen LogP contribution in [-0.4, -0.2) is 47.1 Å². The number of nitrogens with one attached hydrogen (secondary N) is 1. The average molecular weight is 330 g/mol. The van der Waals surface area contributed by atoms with Gasteiger partial charge >= 0.3 is 5.97 Å². The third-order valence-electron chi connectivity index (χ3n) is 5.35. The first-order chi connectivity index (χ1) is 11.5. The zero-order valence-corrected chi connectivity index (χ0v) is 14.2. The van der Waals surface area contributed by atoms with E-state index >= 15 is 0 Å². The molecule has 130 valence electrons. The molecule has 1 heterocycles. The van der Waals surface area contributed by atoms with Crippen molar-refractivity contribution < 1.29 is 14.7 Å². The van der Waals surface area contributed by atoms with Gasteiger partial charge in [0.15, 0.2) is 0 Å². The van der Waals surface area contributed by atoms with Crippen LogP contribution in [0.4, 0.5) is 0 Å². The van der Waals surface area contributed by atoms with Crippen molar-refractivity contribution in [3.05, 3.63) is 35.9 Å². The molecule has 24 heavy (non-hydrogen) atoms. The van der Waals surface area contributed by atoms with Crippen LogP contribution in [0.2, 0.25) is 0 Å². The molecule has 0 radical (unpaired) electrons. The summed E-state index contributed by atoms with van der Waals surface area (Å²) in [5.74, 6) is -0.591. The van der Waals surface area contributed by atoms with Crippen LogP contribution in [0, 0.1) is 5.41 Å². The normalized spacial score (nSPS) is 27.5. The number of carbonyl (C=O) groups is 2. The zero-order valence-electron chi connectivity index (χ0n) is 14.2. The van der Waals surface area contributed by atoms with Gasteiger partial charge in [0.1, 0.15) is 0 Å². The summed E-state index contributed by atoms with van der Waals surface area (Å²) in [6.07, 6.45) is 3.97. The molecule has 2 N–H and O–H groups in total. The van der Waals surface area contributed by atoms with E-state index in [1.165, 1.54) is 0 Å². The van der Waals surface area contributed by atoms with Crippen molar-refractivity contribution in [2.75, 3.05) is 13.1 Å². The predicted octanol–water partition coefficient (Wildman–Crippen LogP) is 2.06. The Morgan fingerprint density at radius 2 is 1.88 bits per heavy atom. The second kappa shape index (κ2) is 6.93. The molecule has 1 saturated carbocycles. The lowest BCUT2D eigenvalue weighted by Gasteiger charge is -2.44. The van der Waals surface area contributed by atoms with Gasteiger partial charge in [0, 0.05) is 19.1 Å². The smallest absolute Gasteiger partial charge is 0.309 e. The Kier molecular flexibility index (Phi) is 4.90. The van der Waals surface area contributed by atoms with E-state index in [9.17, 15) is 14.7 Å². The van der Waals surface area contributed by atoms with Gasteiger partial charge in [0.05, 0.1) is 11.5 Å². The molecule has 3 rings (SSSR count). The van der Waals surface area contributed by atoms with E-state index in [1.54, 1.807) is 6.92 Å². The third kappa shape index (κ3) is 3.61. The van der Waals surface area contributed by atoms with Crippen LogP contribution in [0.5, 0.6) is 0 Å². The molecule has 1 aromatic rings. The van der Waals surface area contributed by atoms with Crippen LogP contribution in [0.15, 0.2) is 30.3 Å². The van der Waals surface area contributed by atoms with Gasteiger partial charge in [-0.3, -0.25) is 9.59 Å². The second-order valence-corrected chi connectivity index (χ2v) is 7.41. The highest BCUT2D eigenvalue weighted by molar-refractivity contribution is 5.82. The Morgan fingerprint density at radius 1 is 1.25 bits per heavy atom. The summed E-state index contributed by atoms with van der Waals surface area (Å²) in [5.41, 5.74) is 0.480. The Balaban J connectivity index is 1.66. The minimum absolute atomic E-state index is 0.103. The molecule has 1 aliphatic heterocycles. The molecule has 1 atom stereocenters. The number of carboxylic acids is 1. The number of hydrogen-bond acceptors (Lipinski definition) is 3. The number of benzene rings is 1. The van der Waals surface area contributed by atoms with Crippen molar-refractivity contribution in [2.45, 2.75) is 51.1 Å². The molecule has 1 unspecified atom stereocenters. The fraction of sp³-hybridized carbons (Fsp3) is 0.579. The molecular formula is C19H26N2O3. The Morgan fingerprint density at radius 3 is 2.46 bits per heavy atom. The van der Waals surface area contributed by atoms with Crippen LogP contribution in [0.3, 0.4) is 0 Å². The molecule has 1 amide bonds. The zero-order chi connectivity index (χ0) is 17.2. The lowest BCUT2D eigenvalue weighted by Crippen LogP contribution is -2.58. The van der Waals surface area contributed by atoms with Crippen molar-refractivity contribution in [3.63, 3.8) is 0 Å². The van der Waals surface area contributed by atoms with Crippen molar-refractivity contribution in [2.24, 2.45) is 5.41 Å². The van der Waals surface area contributed by atoms with Gasteiger partial charge in [-0.2, -0.15) is 0 Å². The monoisotopic (exact) mass is 330 g/mol. The van der Waals surface area contributed by atoms with Crippen molar-refractivity contribution in [1.82, 2.24) is 10.2 Å². The van der Waals surface area contributed by atoms with Crippen LogP contribution in [0.25, 0.3) is 0 Å². The summed E-state index contributed by atoms with van der Waals surface area (Å²) >= 11 is 0. The summed E-state index contributed by atoms with van der Waals surface area (Å²) in [4.78, 5) is 26.1. The first-order valence-electron chi connectivity index (χ1n) is 8.80. The van der Waals surface area contributed by atoms with Gasteiger partial charge in [-0.05, 0) is 44.6 Å². The van der Waals surface area contributed by atoms with E-state index in [0.717, 1.165) is 31.5 Å². The van der Waals surface area contributed by atoms with E-state index in [0.29, 0.717) is 19.3 Å². The maximum absolute atomic E-state index is 12.9. The van der Waals surface area contributed by atoms with E-state index in [2.05, 4.69) is 5.32 Å². The maximum atomic E-state index is 12.9. The van der Waals surface area contributed by atoms with Gasteiger partial charge in [-0.25, -0.2) is 0 Å². The Labute approximate surface area is 143 Å². The fourth-order valence-corrected chi connectivity index (χ4v) is 3.83. The van der Waals surface area contributed by atoms with Crippen LogP contribution in [0.1, 0.15) is 38.2 Å². The summed E-state index contributed by atoms with van der Waals surface area (Å²) < 4.78 is 0. The molecule has 2 aliphatic rings. The summed E-state index contributed by atoms with van der Waals surface area (Å²) in [6.45, 7) is 3.45. The molecule has 2 fully saturated rings. The molecule has 1 aromatic carbocycles. The number of carbonyl (C=O) groups excluding carboxylic acids is 1. The summed E-state index contributed by atoms with van der Waals surface area (Å²) in [7, 11) is 0. The molecular weight excluding hydrogens is 304 g/mol. The van der Waals surface area contributed by atoms with Crippen molar-refractivity contribution in [3.8, 4) is 0 Å². The highest BCUT2D eigenvalue weighted by Gasteiger charge is 2.47. The van der Waals surface area contributed by atoms with E-state index in [-0.39, 0.29) is 18.0 Å². The molecule has 1 aliphatic carbocycles. The predicted molar refractivity (Wildman–Crippen MR) is 91.6 cm³/mol. The molecule has 0 aromatic heterocycles. The van der Waals surface area contributed by atoms with Gasteiger partial charge in [-0.1, -0.05) is 30.3 Å². The van der Waals surface area contributed by atoms with Crippen molar-refractivity contribution in [1.29, 1.82) is 0 Å². The van der Waals surface area contributed by atoms with Crippen molar-refractivity contribution >= 4 is 11.9 Å². The number of hydrogen-bond donors (Lipinski definition) is 2. The van der Waals surface area contributed by atoms with Crippen LogP contribution >= 0.6 is 0 Å². The van der Waals surface area contributed by atoms with E-state index in [4.69, 9.17) is 0 Å². The first-order valence-corrected chi connectivity index (χ1v) is 8.80. The number of aliphatic carboxylic acids is 1. The molecule has 1 saturated heterocycles. The van der Waals surface area contributed by atoms with Gasteiger partial charge < -0.3 is 15.3 Å². The van der Waals surface area contributed by atoms with Gasteiger partial charge in [0.2, 0.25) is 5.91 Å². The van der Waals surface area contributed by atoms with Crippen LogP contribution < -0.4 is 5.32 Å². The lowest BCUT2D eigenvalue weighted by atomic mass is 9.66. The Hall–Kier alpha value is -1.88. The Bertz CT molecular complexity index is 590. The number of amides is 1. The highest BCUT2D eigenvalue weighted by Crippen LogP contribution is 2.41. The first kappa shape index (κ1) is 17.0. The third-order valence-corrected chi connectivity index (χ3v) is 5.35. The summed E-state index contributed by atoms with van der Waals surface area (Å²) in [5, 5.41) is 12.7. The van der Waals surface area contributed by atoms with Gasteiger partial charge in [-0.15, -0.1) is 0 Å². The number of carboxylic acid groups (broad SMARTS) is 1. The topological polar surface area (TPSA) is 69.6 Å². The second-order valence-electron chi connectivity index (χ2n) is 7.41. The number of likely N-dealkylation sites (tertiary alicyclic amines) is 1. The molecule has 0 spiro atoms. The minimum atomic E-state index is -0.744. The SMILES string of the molecule is CC1(C(=O)O)CC(NC(Cc2ccccc2)C(=O)N2CCCC2)C1. The maximum Gasteiger partial charge on any atom is 0.309 e. The summed E-state index contributed by atoms with van der Waals surface area (Å²) in [6, 6.07) is 9.84. The highest BCUT2D eigenvalue weighted by atomic mass is 16.4. The standard InChI is InChI=1S/C19H26N2O3/c1-19(18(23)24)12-15(13-19)20-16(11-14-7-3-2-4-8-14)17(22)21-9-5-6-10-21/h2-4,7-8,15-16,20H,5-6,9-13H2,1H3,(H,23,24). The average Bonchev–Trinajstić information content (AvgIpc) is 3.07. The number of rotatable bonds is 6. The molecule has 5 nitrogen and oxygen atoms in total. The van der Waals surface area contributed by atoms with Gasteiger partial charge in [0.25, 0.3) is 0 Å². The minimum Gasteiger partial charge on any atom is -0.481 e. The van der Waals surface area contributed by atoms with E-state index < -0.39 is 11.4 Å². The number of nitrogens with zero attached hydrogens (tertiary/aromatic N) is 1. The quantitative estimate of drug-likeness (QED) is 0.838. The fourth-order valence-electron chi connectivity index (χ4n) is 3.83.